The Hall–Kier alpha value is -2.25. The van der Waals surface area contributed by atoms with E-state index in [2.05, 4.69) is 5.32 Å². The second-order valence-corrected chi connectivity index (χ2v) is 9.12. The van der Waals surface area contributed by atoms with Crippen molar-refractivity contribution in [3.63, 3.8) is 0 Å². The van der Waals surface area contributed by atoms with Crippen LogP contribution in [-0.2, 0) is 29.0 Å². The highest BCUT2D eigenvalue weighted by Gasteiger charge is 2.26. The molecule has 0 atom stereocenters. The highest BCUT2D eigenvalue weighted by atomic mass is 32.1. The number of carbonyl (C=O) groups is 2. The average Bonchev–Trinajstić information content (AvgIpc) is 3.40. The maximum absolute atomic E-state index is 13.2. The van der Waals surface area contributed by atoms with E-state index in [1.54, 1.807) is 21.1 Å². The molecule has 1 N–H and O–H groups in total. The molecule has 1 aromatic carbocycles. The molecule has 6 nitrogen and oxygen atoms in total. The zero-order valence-electron chi connectivity index (χ0n) is 16.9. The number of thiazole rings is 1. The van der Waals surface area contributed by atoms with Gasteiger partial charge in [-0.1, -0.05) is 30.3 Å². The van der Waals surface area contributed by atoms with E-state index < -0.39 is 0 Å². The summed E-state index contributed by atoms with van der Waals surface area (Å²) >= 11 is 1.64. The topological polar surface area (TPSA) is 65.5 Å². The molecule has 1 fully saturated rings. The van der Waals surface area contributed by atoms with E-state index in [1.807, 2.05) is 37.4 Å². The van der Waals surface area contributed by atoms with E-state index in [0.29, 0.717) is 12.6 Å². The van der Waals surface area contributed by atoms with Crippen LogP contribution in [0.15, 0.2) is 30.3 Å². The number of fused-ring (bicyclic) bond motifs is 1. The van der Waals surface area contributed by atoms with Crippen molar-refractivity contribution in [2.75, 3.05) is 25.0 Å². The number of carbonyl (C=O) groups excluding carboxylic acids is 2. The van der Waals surface area contributed by atoms with Crippen LogP contribution >= 0.6 is 11.3 Å². The first-order valence-electron chi connectivity index (χ1n) is 10.4. The Kier molecular flexibility index (Phi) is 6.25. The molecule has 0 unspecified atom stereocenters. The number of benzene rings is 1. The van der Waals surface area contributed by atoms with Gasteiger partial charge < -0.3 is 5.32 Å². The summed E-state index contributed by atoms with van der Waals surface area (Å²) in [6, 6.07) is 10.3. The van der Waals surface area contributed by atoms with Crippen molar-refractivity contribution in [1.29, 1.82) is 0 Å². The number of nitrogens with one attached hydrogen (secondary N) is 1. The third-order valence-corrected chi connectivity index (χ3v) is 6.49. The summed E-state index contributed by atoms with van der Waals surface area (Å²) in [5.41, 5.74) is 2.22. The Morgan fingerprint density at radius 1 is 1.14 bits per heavy atom. The molecular formula is C22H28N4O2S. The minimum Gasteiger partial charge on any atom is -0.352 e. The Morgan fingerprint density at radius 2 is 1.90 bits per heavy atom. The van der Waals surface area contributed by atoms with E-state index >= 15 is 0 Å². The van der Waals surface area contributed by atoms with Crippen LogP contribution in [0.3, 0.4) is 0 Å². The van der Waals surface area contributed by atoms with Crippen LogP contribution in [0.2, 0.25) is 0 Å². The molecule has 2 aromatic rings. The molecule has 2 amide bonds. The minimum absolute atomic E-state index is 0.0119. The fraction of sp³-hybridized carbons (Fsp3) is 0.500. The van der Waals surface area contributed by atoms with Crippen molar-refractivity contribution >= 4 is 28.3 Å². The lowest BCUT2D eigenvalue weighted by Crippen LogP contribution is -2.43. The zero-order chi connectivity index (χ0) is 20.2. The van der Waals surface area contributed by atoms with Gasteiger partial charge in [-0.15, -0.1) is 11.3 Å². The van der Waals surface area contributed by atoms with Crippen LogP contribution in [0.5, 0.6) is 0 Å². The molecule has 0 bridgehead atoms. The Morgan fingerprint density at radius 3 is 2.62 bits per heavy atom. The minimum atomic E-state index is -0.0262. The van der Waals surface area contributed by atoms with Crippen molar-refractivity contribution < 1.29 is 9.59 Å². The lowest BCUT2D eigenvalue weighted by Gasteiger charge is -2.23. The van der Waals surface area contributed by atoms with Crippen LogP contribution in [0.25, 0.3) is 0 Å². The molecule has 0 spiro atoms. The first-order chi connectivity index (χ1) is 14.1. The molecule has 1 saturated carbocycles. The molecule has 0 radical (unpaired) electrons. The summed E-state index contributed by atoms with van der Waals surface area (Å²) in [6.45, 7) is 0.916. The van der Waals surface area contributed by atoms with Gasteiger partial charge in [0, 0.05) is 10.9 Å². The van der Waals surface area contributed by atoms with Gasteiger partial charge in [-0.3, -0.25) is 19.4 Å². The van der Waals surface area contributed by atoms with E-state index in [0.717, 1.165) is 42.1 Å². The maximum atomic E-state index is 13.2. The van der Waals surface area contributed by atoms with Crippen molar-refractivity contribution in [1.82, 2.24) is 15.2 Å². The second-order valence-electron chi connectivity index (χ2n) is 8.05. The predicted molar refractivity (Wildman–Crippen MR) is 115 cm³/mol. The molecule has 0 aliphatic heterocycles. The molecule has 4 rings (SSSR count). The zero-order valence-corrected chi connectivity index (χ0v) is 17.7. The molecule has 1 heterocycles. The van der Waals surface area contributed by atoms with E-state index in [-0.39, 0.29) is 24.9 Å². The number of anilines is 1. The van der Waals surface area contributed by atoms with Crippen molar-refractivity contribution in [2.45, 2.75) is 51.1 Å². The van der Waals surface area contributed by atoms with Gasteiger partial charge in [-0.05, 0) is 51.1 Å². The Balaban J connectivity index is 1.47. The van der Waals surface area contributed by atoms with E-state index in [1.165, 1.54) is 17.7 Å². The lowest BCUT2D eigenvalue weighted by molar-refractivity contribution is -0.123. The van der Waals surface area contributed by atoms with Crippen LogP contribution in [0, 0.1) is 0 Å². The normalized spacial score (nSPS) is 15.8. The number of hydrogen-bond acceptors (Lipinski definition) is 5. The lowest BCUT2D eigenvalue weighted by atomic mass is 10.0. The standard InChI is InChI=1S/C22H28N4O2S/c1-25(14-20(27)23-17-11-12-17)15-21(28)26(13-16-7-3-2-4-8-16)22-24-18-9-5-6-10-19(18)29-22/h2-4,7-8,17H,5-6,9-15H2,1H3,(H,23,27). The number of nitrogens with zero attached hydrogens (tertiary/aromatic N) is 3. The molecular weight excluding hydrogens is 384 g/mol. The molecule has 1 aromatic heterocycles. The highest BCUT2D eigenvalue weighted by Crippen LogP contribution is 2.32. The SMILES string of the molecule is CN(CC(=O)NC1CC1)CC(=O)N(Cc1ccccc1)c1nc2c(s1)CCCC2. The van der Waals surface area contributed by atoms with Gasteiger partial charge in [0.2, 0.25) is 11.8 Å². The largest absolute Gasteiger partial charge is 0.352 e. The van der Waals surface area contributed by atoms with E-state index in [9.17, 15) is 9.59 Å². The second kappa shape index (κ2) is 9.05. The van der Waals surface area contributed by atoms with Gasteiger partial charge in [0.05, 0.1) is 25.3 Å². The van der Waals surface area contributed by atoms with Crippen molar-refractivity contribution in [3.05, 3.63) is 46.5 Å². The van der Waals surface area contributed by atoms with Gasteiger partial charge in [0.15, 0.2) is 5.13 Å². The van der Waals surface area contributed by atoms with Gasteiger partial charge in [-0.25, -0.2) is 4.98 Å². The van der Waals surface area contributed by atoms with Crippen LogP contribution in [-0.4, -0.2) is 47.9 Å². The predicted octanol–water partition coefficient (Wildman–Crippen LogP) is 2.77. The molecule has 154 valence electrons. The van der Waals surface area contributed by atoms with Crippen molar-refractivity contribution in [3.8, 4) is 0 Å². The summed E-state index contributed by atoms with van der Waals surface area (Å²) in [4.78, 5) is 35.0. The van der Waals surface area contributed by atoms with Gasteiger partial charge in [0.25, 0.3) is 0 Å². The van der Waals surface area contributed by atoms with Gasteiger partial charge in [0.1, 0.15) is 0 Å². The molecule has 29 heavy (non-hydrogen) atoms. The molecule has 7 heteroatoms. The van der Waals surface area contributed by atoms with Crippen LogP contribution in [0.1, 0.15) is 41.8 Å². The molecule has 2 aliphatic carbocycles. The highest BCUT2D eigenvalue weighted by molar-refractivity contribution is 7.15. The van der Waals surface area contributed by atoms with Gasteiger partial charge >= 0.3 is 0 Å². The monoisotopic (exact) mass is 412 g/mol. The summed E-state index contributed by atoms with van der Waals surface area (Å²) in [6.07, 6.45) is 6.55. The number of rotatable bonds is 8. The number of likely N-dealkylation sites (N-methyl/N-ethyl adjacent to an activating group) is 1. The average molecular weight is 413 g/mol. The van der Waals surface area contributed by atoms with Crippen LogP contribution < -0.4 is 10.2 Å². The smallest absolute Gasteiger partial charge is 0.243 e. The van der Waals surface area contributed by atoms with Crippen molar-refractivity contribution in [2.24, 2.45) is 0 Å². The first kappa shape index (κ1) is 20.0. The number of amides is 2. The summed E-state index contributed by atoms with van der Waals surface area (Å²) < 4.78 is 0. The number of aromatic nitrogens is 1. The fourth-order valence-corrected chi connectivity index (χ4v) is 4.77. The van der Waals surface area contributed by atoms with E-state index in [4.69, 9.17) is 4.98 Å². The fourth-order valence-electron chi connectivity index (χ4n) is 3.60. The number of hydrogen-bond donors (Lipinski definition) is 1. The third kappa shape index (κ3) is 5.42. The Labute approximate surface area is 175 Å². The maximum Gasteiger partial charge on any atom is 0.243 e. The molecule has 2 aliphatic rings. The first-order valence-corrected chi connectivity index (χ1v) is 11.2. The van der Waals surface area contributed by atoms with Crippen LogP contribution in [0.4, 0.5) is 5.13 Å². The summed E-state index contributed by atoms with van der Waals surface area (Å²) in [5.74, 6) is -0.0382. The summed E-state index contributed by atoms with van der Waals surface area (Å²) in [7, 11) is 1.82. The Bertz CT molecular complexity index is 839. The molecule has 0 saturated heterocycles. The quantitative estimate of drug-likeness (QED) is 0.724. The summed E-state index contributed by atoms with van der Waals surface area (Å²) in [5, 5.41) is 3.76. The van der Waals surface area contributed by atoms with Gasteiger partial charge in [-0.2, -0.15) is 0 Å². The third-order valence-electron chi connectivity index (χ3n) is 5.31. The number of aryl methyl sites for hydroxylation is 2.